The number of benzene rings is 1. The highest BCUT2D eigenvalue weighted by atomic mass is 16.3. The van der Waals surface area contributed by atoms with E-state index < -0.39 is 0 Å². The second-order valence-electron chi connectivity index (χ2n) is 5.80. The van der Waals surface area contributed by atoms with Gasteiger partial charge in [0.15, 0.2) is 0 Å². The number of piperidine rings is 1. The van der Waals surface area contributed by atoms with Gasteiger partial charge in [0.2, 0.25) is 0 Å². The minimum absolute atomic E-state index is 0.120. The van der Waals surface area contributed by atoms with Crippen LogP contribution < -0.4 is 5.73 Å². The lowest BCUT2D eigenvalue weighted by molar-refractivity contribution is 0.118. The van der Waals surface area contributed by atoms with Gasteiger partial charge >= 0.3 is 0 Å². The van der Waals surface area contributed by atoms with Crippen molar-refractivity contribution in [3.05, 3.63) is 35.4 Å². The zero-order chi connectivity index (χ0) is 13.7. The molecule has 106 valence electrons. The van der Waals surface area contributed by atoms with E-state index in [0.29, 0.717) is 12.5 Å². The van der Waals surface area contributed by atoms with E-state index in [2.05, 4.69) is 36.1 Å². The molecule has 2 atom stereocenters. The summed E-state index contributed by atoms with van der Waals surface area (Å²) in [6.45, 7) is 5.62. The van der Waals surface area contributed by atoms with Gasteiger partial charge < -0.3 is 15.7 Å². The predicted octanol–water partition coefficient (Wildman–Crippen LogP) is 2.09. The molecule has 1 fully saturated rings. The summed E-state index contributed by atoms with van der Waals surface area (Å²) < 4.78 is 0. The summed E-state index contributed by atoms with van der Waals surface area (Å²) in [7, 11) is 0. The molecule has 0 bridgehead atoms. The van der Waals surface area contributed by atoms with Crippen LogP contribution in [0.3, 0.4) is 0 Å². The lowest BCUT2D eigenvalue weighted by Gasteiger charge is -2.32. The minimum atomic E-state index is 0.120. The minimum Gasteiger partial charge on any atom is -0.396 e. The van der Waals surface area contributed by atoms with Crippen LogP contribution in [0, 0.1) is 12.8 Å². The summed E-state index contributed by atoms with van der Waals surface area (Å²) in [5.41, 5.74) is 8.75. The molecule has 0 saturated carbocycles. The van der Waals surface area contributed by atoms with Crippen LogP contribution in [0.15, 0.2) is 24.3 Å². The Labute approximate surface area is 116 Å². The van der Waals surface area contributed by atoms with Crippen molar-refractivity contribution >= 4 is 0 Å². The molecular weight excluding hydrogens is 236 g/mol. The Morgan fingerprint density at radius 2 is 2.11 bits per heavy atom. The zero-order valence-electron chi connectivity index (χ0n) is 11.9. The molecule has 1 saturated heterocycles. The van der Waals surface area contributed by atoms with Crippen LogP contribution in [0.25, 0.3) is 0 Å². The molecule has 1 heterocycles. The van der Waals surface area contributed by atoms with Crippen LogP contribution in [0.2, 0.25) is 0 Å². The van der Waals surface area contributed by atoms with Gasteiger partial charge in [0.05, 0.1) is 0 Å². The summed E-state index contributed by atoms with van der Waals surface area (Å²) in [4.78, 5) is 2.44. The van der Waals surface area contributed by atoms with Crippen molar-refractivity contribution in [2.75, 3.05) is 26.2 Å². The first-order chi connectivity index (χ1) is 9.19. The monoisotopic (exact) mass is 262 g/mol. The third-order valence-corrected chi connectivity index (χ3v) is 4.12. The van der Waals surface area contributed by atoms with Gasteiger partial charge in [0, 0.05) is 19.2 Å². The van der Waals surface area contributed by atoms with Gasteiger partial charge in [-0.2, -0.15) is 0 Å². The highest BCUT2D eigenvalue weighted by Gasteiger charge is 2.19. The smallest absolute Gasteiger partial charge is 0.0471 e. The first-order valence-electron chi connectivity index (χ1n) is 7.34. The third-order valence-electron chi connectivity index (χ3n) is 4.12. The molecule has 3 nitrogen and oxygen atoms in total. The maximum atomic E-state index is 9.24. The van der Waals surface area contributed by atoms with E-state index in [1.807, 2.05) is 0 Å². The van der Waals surface area contributed by atoms with Gasteiger partial charge in [0.25, 0.3) is 0 Å². The topological polar surface area (TPSA) is 49.5 Å². The Morgan fingerprint density at radius 3 is 2.79 bits per heavy atom. The van der Waals surface area contributed by atoms with Crippen LogP contribution in [0.1, 0.15) is 36.4 Å². The Hall–Kier alpha value is -0.900. The maximum absolute atomic E-state index is 9.24. The number of rotatable bonds is 5. The molecule has 1 aromatic rings. The molecule has 19 heavy (non-hydrogen) atoms. The van der Waals surface area contributed by atoms with Gasteiger partial charge in [0.1, 0.15) is 0 Å². The molecule has 1 aliphatic rings. The number of aryl methyl sites for hydroxylation is 1. The number of hydrogen-bond acceptors (Lipinski definition) is 3. The Balaban J connectivity index is 1.79. The molecule has 0 aliphatic carbocycles. The number of nitrogens with zero attached hydrogens (tertiary/aromatic N) is 1. The fourth-order valence-electron chi connectivity index (χ4n) is 2.81. The number of likely N-dealkylation sites (tertiary alicyclic amines) is 1. The SMILES string of the molecule is Cc1ccc(C(N)CCN2CCCC(CO)C2)cc1. The number of aliphatic hydroxyl groups excluding tert-OH is 1. The molecule has 0 radical (unpaired) electrons. The molecule has 1 aromatic carbocycles. The van der Waals surface area contributed by atoms with Gasteiger partial charge in [-0.25, -0.2) is 0 Å². The van der Waals surface area contributed by atoms with Crippen molar-refractivity contribution in [1.82, 2.24) is 4.90 Å². The lowest BCUT2D eigenvalue weighted by atomic mass is 9.98. The second-order valence-corrected chi connectivity index (χ2v) is 5.80. The van der Waals surface area contributed by atoms with Crippen LogP contribution in [-0.2, 0) is 0 Å². The largest absolute Gasteiger partial charge is 0.396 e. The predicted molar refractivity (Wildman–Crippen MR) is 79.0 cm³/mol. The molecule has 0 amide bonds. The van der Waals surface area contributed by atoms with Crippen molar-refractivity contribution < 1.29 is 5.11 Å². The molecule has 0 spiro atoms. The summed E-state index contributed by atoms with van der Waals surface area (Å²) in [6, 6.07) is 8.63. The molecule has 1 aliphatic heterocycles. The van der Waals surface area contributed by atoms with Crippen molar-refractivity contribution in [2.24, 2.45) is 11.7 Å². The van der Waals surface area contributed by atoms with Gasteiger partial charge in [-0.3, -0.25) is 0 Å². The fraction of sp³-hybridized carbons (Fsp3) is 0.625. The van der Waals surface area contributed by atoms with Crippen molar-refractivity contribution in [3.63, 3.8) is 0 Å². The van der Waals surface area contributed by atoms with Crippen molar-refractivity contribution in [2.45, 2.75) is 32.2 Å². The van der Waals surface area contributed by atoms with Crippen molar-refractivity contribution in [3.8, 4) is 0 Å². The molecule has 0 aromatic heterocycles. The molecule has 2 rings (SSSR count). The van der Waals surface area contributed by atoms with Crippen LogP contribution in [-0.4, -0.2) is 36.2 Å². The zero-order valence-corrected chi connectivity index (χ0v) is 11.9. The Morgan fingerprint density at radius 1 is 1.37 bits per heavy atom. The summed E-state index contributed by atoms with van der Waals surface area (Å²) in [5, 5.41) is 9.24. The van der Waals surface area contributed by atoms with E-state index in [1.54, 1.807) is 0 Å². The molecule has 3 heteroatoms. The first kappa shape index (κ1) is 14.5. The normalized spacial score (nSPS) is 22.4. The van der Waals surface area contributed by atoms with Crippen LogP contribution in [0.4, 0.5) is 0 Å². The Bertz CT molecular complexity index is 377. The molecular formula is C16H26N2O. The van der Waals surface area contributed by atoms with E-state index in [0.717, 1.165) is 32.5 Å². The van der Waals surface area contributed by atoms with Crippen LogP contribution in [0.5, 0.6) is 0 Å². The number of aliphatic hydroxyl groups is 1. The number of hydrogen-bond donors (Lipinski definition) is 2. The molecule has 3 N–H and O–H groups in total. The third kappa shape index (κ3) is 4.30. The van der Waals surface area contributed by atoms with E-state index in [1.165, 1.54) is 17.5 Å². The Kier molecular flexibility index (Phi) is 5.37. The van der Waals surface area contributed by atoms with E-state index >= 15 is 0 Å². The quantitative estimate of drug-likeness (QED) is 0.854. The molecule has 2 unspecified atom stereocenters. The van der Waals surface area contributed by atoms with E-state index in [-0.39, 0.29) is 6.04 Å². The van der Waals surface area contributed by atoms with Gasteiger partial charge in [-0.05, 0) is 50.8 Å². The number of nitrogens with two attached hydrogens (primary N) is 1. The average Bonchev–Trinajstić information content (AvgIpc) is 2.46. The highest BCUT2D eigenvalue weighted by Crippen LogP contribution is 2.19. The van der Waals surface area contributed by atoms with Crippen LogP contribution >= 0.6 is 0 Å². The first-order valence-corrected chi connectivity index (χ1v) is 7.34. The van der Waals surface area contributed by atoms with E-state index in [9.17, 15) is 5.11 Å². The summed E-state index contributed by atoms with van der Waals surface area (Å²) in [5.74, 6) is 0.462. The average molecular weight is 262 g/mol. The highest BCUT2D eigenvalue weighted by molar-refractivity contribution is 5.23. The summed E-state index contributed by atoms with van der Waals surface area (Å²) in [6.07, 6.45) is 3.35. The maximum Gasteiger partial charge on any atom is 0.0471 e. The second kappa shape index (κ2) is 7.04. The summed E-state index contributed by atoms with van der Waals surface area (Å²) >= 11 is 0. The lowest BCUT2D eigenvalue weighted by Crippen LogP contribution is -2.38. The standard InChI is InChI=1S/C16H26N2O/c1-13-4-6-15(7-5-13)16(17)8-10-18-9-2-3-14(11-18)12-19/h4-7,14,16,19H,2-3,8-12,17H2,1H3. The van der Waals surface area contributed by atoms with Crippen molar-refractivity contribution in [1.29, 1.82) is 0 Å². The van der Waals surface area contributed by atoms with E-state index in [4.69, 9.17) is 5.73 Å². The van der Waals surface area contributed by atoms with Gasteiger partial charge in [-0.1, -0.05) is 29.8 Å². The van der Waals surface area contributed by atoms with Gasteiger partial charge in [-0.15, -0.1) is 0 Å². The fourth-order valence-corrected chi connectivity index (χ4v) is 2.81.